The summed E-state index contributed by atoms with van der Waals surface area (Å²) in [5.41, 5.74) is 0.949. The Kier molecular flexibility index (Phi) is 3.88. The normalized spacial score (nSPS) is 27.5. The molecule has 1 saturated carbocycles. The van der Waals surface area contributed by atoms with Crippen molar-refractivity contribution in [3.8, 4) is 6.07 Å². The summed E-state index contributed by atoms with van der Waals surface area (Å²) in [6.45, 7) is 2.76. The van der Waals surface area contributed by atoms with Crippen LogP contribution in [0.3, 0.4) is 0 Å². The van der Waals surface area contributed by atoms with Crippen molar-refractivity contribution < 1.29 is 5.11 Å². The molecular weight excluding hydrogens is 224 g/mol. The number of rotatable bonds is 3. The van der Waals surface area contributed by atoms with Crippen LogP contribution in [0.5, 0.6) is 0 Å². The summed E-state index contributed by atoms with van der Waals surface area (Å²) in [4.78, 5) is 0. The summed E-state index contributed by atoms with van der Waals surface area (Å²) >= 11 is 0. The van der Waals surface area contributed by atoms with Crippen LogP contribution in [0.1, 0.15) is 38.2 Å². The fourth-order valence-electron chi connectivity index (χ4n) is 2.76. The minimum atomic E-state index is -0.597. The highest BCUT2D eigenvalue weighted by molar-refractivity contribution is 5.49. The van der Waals surface area contributed by atoms with E-state index in [1.54, 1.807) is 6.07 Å². The molecular formula is C15H20N2O. The minimum Gasteiger partial charge on any atom is -0.388 e. The maximum Gasteiger partial charge on any atom is 0.0992 e. The van der Waals surface area contributed by atoms with Crippen molar-refractivity contribution in [2.45, 2.75) is 38.2 Å². The molecule has 0 radical (unpaired) electrons. The van der Waals surface area contributed by atoms with Gasteiger partial charge in [-0.1, -0.05) is 25.8 Å². The minimum absolute atomic E-state index is 0.562. The SMILES string of the molecule is CC1CCCC(O)(CNc2cccc(C#N)c2)C1. The molecule has 0 saturated heterocycles. The lowest BCUT2D eigenvalue weighted by Crippen LogP contribution is -2.41. The highest BCUT2D eigenvalue weighted by Crippen LogP contribution is 2.32. The number of nitrogens with one attached hydrogen (secondary N) is 1. The van der Waals surface area contributed by atoms with Gasteiger partial charge in [0.25, 0.3) is 0 Å². The summed E-state index contributed by atoms with van der Waals surface area (Å²) in [5.74, 6) is 0.594. The van der Waals surface area contributed by atoms with Crippen molar-refractivity contribution in [3.63, 3.8) is 0 Å². The fourth-order valence-corrected chi connectivity index (χ4v) is 2.76. The van der Waals surface area contributed by atoms with E-state index in [0.29, 0.717) is 18.0 Å². The molecule has 1 fully saturated rings. The van der Waals surface area contributed by atoms with Gasteiger partial charge < -0.3 is 10.4 Å². The number of hydrogen-bond acceptors (Lipinski definition) is 3. The van der Waals surface area contributed by atoms with Crippen LogP contribution in [-0.4, -0.2) is 17.3 Å². The zero-order chi connectivity index (χ0) is 13.0. The highest BCUT2D eigenvalue weighted by Gasteiger charge is 2.32. The molecule has 0 bridgehead atoms. The van der Waals surface area contributed by atoms with Crippen LogP contribution < -0.4 is 5.32 Å². The fraction of sp³-hybridized carbons (Fsp3) is 0.533. The molecule has 0 aliphatic heterocycles. The number of aliphatic hydroxyl groups is 1. The maximum atomic E-state index is 10.5. The Hall–Kier alpha value is -1.53. The van der Waals surface area contributed by atoms with Gasteiger partial charge in [0, 0.05) is 12.2 Å². The summed E-state index contributed by atoms with van der Waals surface area (Å²) in [5, 5.41) is 22.6. The Morgan fingerprint density at radius 1 is 1.56 bits per heavy atom. The van der Waals surface area contributed by atoms with Crippen LogP contribution in [0, 0.1) is 17.2 Å². The second-order valence-corrected chi connectivity index (χ2v) is 5.47. The number of anilines is 1. The van der Waals surface area contributed by atoms with Gasteiger partial charge in [-0.25, -0.2) is 0 Å². The Balaban J connectivity index is 1.96. The van der Waals surface area contributed by atoms with E-state index in [0.717, 1.165) is 24.9 Å². The third-order valence-corrected chi connectivity index (χ3v) is 3.68. The predicted octanol–water partition coefficient (Wildman–Crippen LogP) is 2.91. The quantitative estimate of drug-likeness (QED) is 0.859. The molecule has 2 atom stereocenters. The van der Waals surface area contributed by atoms with Gasteiger partial charge in [-0.15, -0.1) is 0 Å². The number of nitriles is 1. The van der Waals surface area contributed by atoms with E-state index in [1.165, 1.54) is 6.42 Å². The molecule has 0 spiro atoms. The van der Waals surface area contributed by atoms with Crippen LogP contribution in [0.2, 0.25) is 0 Å². The lowest BCUT2D eigenvalue weighted by molar-refractivity contribution is -0.000761. The topological polar surface area (TPSA) is 56.0 Å². The Labute approximate surface area is 108 Å². The molecule has 2 N–H and O–H groups in total. The number of nitrogens with zero attached hydrogens (tertiary/aromatic N) is 1. The van der Waals surface area contributed by atoms with Gasteiger partial charge in [0.1, 0.15) is 0 Å². The third kappa shape index (κ3) is 3.24. The first-order chi connectivity index (χ1) is 8.61. The van der Waals surface area contributed by atoms with E-state index in [1.807, 2.05) is 18.2 Å². The molecule has 1 aliphatic rings. The second-order valence-electron chi connectivity index (χ2n) is 5.47. The predicted molar refractivity (Wildman–Crippen MR) is 72.2 cm³/mol. The number of hydrogen-bond donors (Lipinski definition) is 2. The van der Waals surface area contributed by atoms with Crippen LogP contribution in [0.15, 0.2) is 24.3 Å². The molecule has 0 heterocycles. The molecule has 1 aliphatic carbocycles. The molecule has 3 heteroatoms. The summed E-state index contributed by atoms with van der Waals surface area (Å²) in [6.07, 6.45) is 4.03. The zero-order valence-corrected chi connectivity index (χ0v) is 10.8. The van der Waals surface area contributed by atoms with Crippen molar-refractivity contribution in [1.82, 2.24) is 0 Å². The second kappa shape index (κ2) is 5.41. The molecule has 0 amide bonds. The largest absolute Gasteiger partial charge is 0.388 e. The first kappa shape index (κ1) is 12.9. The molecule has 0 aromatic heterocycles. The summed E-state index contributed by atoms with van der Waals surface area (Å²) in [7, 11) is 0. The molecule has 1 aromatic rings. The maximum absolute atomic E-state index is 10.5. The molecule has 3 nitrogen and oxygen atoms in total. The Morgan fingerprint density at radius 3 is 3.11 bits per heavy atom. The van der Waals surface area contributed by atoms with Crippen LogP contribution in [0.4, 0.5) is 5.69 Å². The average Bonchev–Trinajstić information content (AvgIpc) is 2.37. The average molecular weight is 244 g/mol. The molecule has 18 heavy (non-hydrogen) atoms. The van der Waals surface area contributed by atoms with E-state index in [9.17, 15) is 5.11 Å². The van der Waals surface area contributed by atoms with E-state index in [-0.39, 0.29) is 0 Å². The zero-order valence-electron chi connectivity index (χ0n) is 10.8. The monoisotopic (exact) mass is 244 g/mol. The van der Waals surface area contributed by atoms with Crippen LogP contribution >= 0.6 is 0 Å². The van der Waals surface area contributed by atoms with E-state index in [4.69, 9.17) is 5.26 Å². The van der Waals surface area contributed by atoms with E-state index in [2.05, 4.69) is 18.3 Å². The number of benzene rings is 1. The summed E-state index contributed by atoms with van der Waals surface area (Å²) < 4.78 is 0. The van der Waals surface area contributed by atoms with Gasteiger partial charge >= 0.3 is 0 Å². The van der Waals surface area contributed by atoms with Crippen molar-refractivity contribution in [2.75, 3.05) is 11.9 Å². The molecule has 2 unspecified atom stereocenters. The molecule has 1 aromatic carbocycles. The molecule has 96 valence electrons. The van der Waals surface area contributed by atoms with Crippen molar-refractivity contribution in [3.05, 3.63) is 29.8 Å². The van der Waals surface area contributed by atoms with Gasteiger partial charge in [0.2, 0.25) is 0 Å². The summed E-state index contributed by atoms with van der Waals surface area (Å²) in [6, 6.07) is 9.50. The third-order valence-electron chi connectivity index (χ3n) is 3.68. The van der Waals surface area contributed by atoms with Gasteiger partial charge in [-0.2, -0.15) is 5.26 Å². The Morgan fingerprint density at radius 2 is 2.39 bits per heavy atom. The van der Waals surface area contributed by atoms with Gasteiger partial charge in [0.05, 0.1) is 17.2 Å². The van der Waals surface area contributed by atoms with Crippen LogP contribution in [-0.2, 0) is 0 Å². The van der Waals surface area contributed by atoms with Gasteiger partial charge in [-0.3, -0.25) is 0 Å². The highest BCUT2D eigenvalue weighted by atomic mass is 16.3. The Bertz CT molecular complexity index is 452. The standard InChI is InChI=1S/C15H20N2O/c1-12-4-3-7-15(18,9-12)11-17-14-6-2-5-13(8-14)10-16/h2,5-6,8,12,17-18H,3-4,7,9,11H2,1H3. The van der Waals surface area contributed by atoms with E-state index >= 15 is 0 Å². The smallest absolute Gasteiger partial charge is 0.0992 e. The van der Waals surface area contributed by atoms with Crippen molar-refractivity contribution in [1.29, 1.82) is 5.26 Å². The van der Waals surface area contributed by atoms with Gasteiger partial charge in [-0.05, 0) is 37.0 Å². The first-order valence-electron chi connectivity index (χ1n) is 6.58. The first-order valence-corrected chi connectivity index (χ1v) is 6.58. The van der Waals surface area contributed by atoms with Gasteiger partial charge in [0.15, 0.2) is 0 Å². The van der Waals surface area contributed by atoms with E-state index < -0.39 is 5.60 Å². The van der Waals surface area contributed by atoms with Crippen LogP contribution in [0.25, 0.3) is 0 Å². The lowest BCUT2D eigenvalue weighted by atomic mass is 9.79. The molecule has 2 rings (SSSR count). The van der Waals surface area contributed by atoms with Crippen molar-refractivity contribution in [2.24, 2.45) is 5.92 Å². The lowest BCUT2D eigenvalue weighted by Gasteiger charge is -2.35. The van der Waals surface area contributed by atoms with Crippen molar-refractivity contribution >= 4 is 5.69 Å².